The molecular weight excluding hydrogens is 214 g/mol. The fourth-order valence-corrected chi connectivity index (χ4v) is 2.63. The van der Waals surface area contributed by atoms with Crippen molar-refractivity contribution in [2.45, 2.75) is 31.4 Å². The van der Waals surface area contributed by atoms with Gasteiger partial charge < -0.3 is 9.52 Å². The Morgan fingerprint density at radius 1 is 1.73 bits per heavy atom. The summed E-state index contributed by atoms with van der Waals surface area (Å²) >= 11 is 1.51. The molecule has 1 aliphatic rings. The number of aryl methyl sites for hydroxylation is 1. The standard InChI is InChI=1S/C10H13NO3S/c1-7-5-14-9(11-7)15-6-10(2-3-10)4-8(12)13/h5H,2-4,6H2,1H3,(H,12,13). The molecule has 2 rings (SSSR count). The lowest BCUT2D eigenvalue weighted by Gasteiger charge is -2.09. The Bertz CT molecular complexity index is 370. The molecule has 0 unspecified atom stereocenters. The van der Waals surface area contributed by atoms with Crippen LogP contribution in [0.2, 0.25) is 0 Å². The fourth-order valence-electron chi connectivity index (χ4n) is 1.48. The minimum Gasteiger partial charge on any atom is -0.481 e. The van der Waals surface area contributed by atoms with E-state index in [1.165, 1.54) is 11.8 Å². The van der Waals surface area contributed by atoms with Gasteiger partial charge in [0.25, 0.3) is 5.22 Å². The van der Waals surface area contributed by atoms with Gasteiger partial charge in [-0.2, -0.15) is 0 Å². The largest absolute Gasteiger partial charge is 0.481 e. The number of oxazole rings is 1. The van der Waals surface area contributed by atoms with Crippen molar-refractivity contribution in [3.63, 3.8) is 0 Å². The molecule has 0 aliphatic heterocycles. The van der Waals surface area contributed by atoms with Crippen LogP contribution in [0.5, 0.6) is 0 Å². The molecule has 1 aliphatic carbocycles. The van der Waals surface area contributed by atoms with Crippen LogP contribution in [0.25, 0.3) is 0 Å². The Hall–Kier alpha value is -0.970. The molecule has 0 aromatic carbocycles. The summed E-state index contributed by atoms with van der Waals surface area (Å²) in [5.74, 6) is 0.0795. The first kappa shape index (κ1) is 10.5. The number of aliphatic carboxylic acids is 1. The first-order valence-corrected chi connectivity index (χ1v) is 5.85. The Balaban J connectivity index is 1.85. The van der Waals surface area contributed by atoms with Crippen LogP contribution in [-0.2, 0) is 4.79 Å². The number of carbonyl (C=O) groups is 1. The Morgan fingerprint density at radius 2 is 2.47 bits per heavy atom. The summed E-state index contributed by atoms with van der Waals surface area (Å²) in [5.41, 5.74) is 0.861. The van der Waals surface area contributed by atoms with Crippen LogP contribution < -0.4 is 0 Å². The van der Waals surface area contributed by atoms with E-state index in [-0.39, 0.29) is 11.8 Å². The number of rotatable bonds is 5. The lowest BCUT2D eigenvalue weighted by Crippen LogP contribution is -2.10. The summed E-state index contributed by atoms with van der Waals surface area (Å²) in [7, 11) is 0. The molecule has 1 aromatic rings. The van der Waals surface area contributed by atoms with Crippen LogP contribution in [0.15, 0.2) is 15.9 Å². The molecule has 1 N–H and O–H groups in total. The summed E-state index contributed by atoms with van der Waals surface area (Å²) in [5, 5.41) is 9.38. The van der Waals surface area contributed by atoms with Gasteiger partial charge in [0, 0.05) is 5.75 Å². The SMILES string of the molecule is Cc1coc(SCC2(CC(=O)O)CC2)n1. The predicted molar refractivity (Wildman–Crippen MR) is 55.9 cm³/mol. The van der Waals surface area contributed by atoms with Gasteiger partial charge in [0.15, 0.2) is 0 Å². The van der Waals surface area contributed by atoms with Gasteiger partial charge in [-0.25, -0.2) is 4.98 Å². The molecule has 0 bridgehead atoms. The number of thioether (sulfide) groups is 1. The van der Waals surface area contributed by atoms with Gasteiger partial charge in [0.1, 0.15) is 6.26 Å². The van der Waals surface area contributed by atoms with Crippen LogP contribution in [0.4, 0.5) is 0 Å². The minimum atomic E-state index is -0.711. The van der Waals surface area contributed by atoms with Gasteiger partial charge in [-0.1, -0.05) is 11.8 Å². The van der Waals surface area contributed by atoms with Crippen molar-refractivity contribution in [2.75, 3.05) is 5.75 Å². The Kier molecular flexibility index (Phi) is 2.73. The predicted octanol–water partition coefficient (Wildman–Crippen LogP) is 2.33. The van der Waals surface area contributed by atoms with Crippen molar-refractivity contribution in [1.82, 2.24) is 4.98 Å². The number of hydrogen-bond donors (Lipinski definition) is 1. The van der Waals surface area contributed by atoms with E-state index < -0.39 is 5.97 Å². The Morgan fingerprint density at radius 3 is 2.93 bits per heavy atom. The van der Waals surface area contributed by atoms with Crippen molar-refractivity contribution in [3.05, 3.63) is 12.0 Å². The molecule has 1 aromatic heterocycles. The molecule has 5 heteroatoms. The summed E-state index contributed by atoms with van der Waals surface area (Å²) in [6.45, 7) is 1.87. The third-order valence-corrected chi connectivity index (χ3v) is 3.77. The van der Waals surface area contributed by atoms with E-state index in [0.29, 0.717) is 5.22 Å². The van der Waals surface area contributed by atoms with Gasteiger partial charge in [-0.15, -0.1) is 0 Å². The molecule has 82 valence electrons. The van der Waals surface area contributed by atoms with E-state index in [4.69, 9.17) is 9.52 Å². The molecule has 15 heavy (non-hydrogen) atoms. The molecule has 4 nitrogen and oxygen atoms in total. The van der Waals surface area contributed by atoms with Crippen LogP contribution in [-0.4, -0.2) is 21.8 Å². The van der Waals surface area contributed by atoms with Crippen LogP contribution in [0.1, 0.15) is 25.0 Å². The summed E-state index contributed by atoms with van der Waals surface area (Å²) in [6.07, 6.45) is 3.89. The zero-order chi connectivity index (χ0) is 10.9. The van der Waals surface area contributed by atoms with Gasteiger partial charge in [-0.05, 0) is 25.2 Å². The van der Waals surface area contributed by atoms with Crippen molar-refractivity contribution in [3.8, 4) is 0 Å². The average molecular weight is 227 g/mol. The normalized spacial score (nSPS) is 17.7. The highest BCUT2D eigenvalue weighted by Gasteiger charge is 2.44. The first-order valence-electron chi connectivity index (χ1n) is 4.86. The third kappa shape index (κ3) is 2.75. The second-order valence-electron chi connectivity index (χ2n) is 4.11. The van der Waals surface area contributed by atoms with E-state index in [1.54, 1.807) is 6.26 Å². The number of aromatic nitrogens is 1. The van der Waals surface area contributed by atoms with Crippen molar-refractivity contribution >= 4 is 17.7 Å². The Labute approximate surface area is 92.1 Å². The smallest absolute Gasteiger partial charge is 0.303 e. The summed E-state index contributed by atoms with van der Waals surface area (Å²) < 4.78 is 5.20. The highest BCUT2D eigenvalue weighted by molar-refractivity contribution is 7.99. The monoisotopic (exact) mass is 227 g/mol. The average Bonchev–Trinajstić information content (AvgIpc) is 2.77. The van der Waals surface area contributed by atoms with Gasteiger partial charge in [0.05, 0.1) is 12.1 Å². The number of nitrogens with zero attached hydrogens (tertiary/aromatic N) is 1. The zero-order valence-electron chi connectivity index (χ0n) is 8.52. The van der Waals surface area contributed by atoms with Crippen LogP contribution >= 0.6 is 11.8 Å². The second-order valence-corrected chi connectivity index (χ2v) is 5.04. The van der Waals surface area contributed by atoms with Crippen molar-refractivity contribution in [2.24, 2.45) is 5.41 Å². The lowest BCUT2D eigenvalue weighted by atomic mass is 10.1. The van der Waals surface area contributed by atoms with Crippen molar-refractivity contribution < 1.29 is 14.3 Å². The zero-order valence-corrected chi connectivity index (χ0v) is 9.34. The molecule has 0 atom stereocenters. The second kappa shape index (κ2) is 3.89. The molecule has 1 heterocycles. The first-order chi connectivity index (χ1) is 7.10. The molecule has 0 spiro atoms. The van der Waals surface area contributed by atoms with E-state index in [1.807, 2.05) is 6.92 Å². The van der Waals surface area contributed by atoms with Crippen LogP contribution in [0.3, 0.4) is 0 Å². The maximum Gasteiger partial charge on any atom is 0.303 e. The molecule has 1 saturated carbocycles. The van der Waals surface area contributed by atoms with Crippen molar-refractivity contribution in [1.29, 1.82) is 0 Å². The highest BCUT2D eigenvalue weighted by atomic mass is 32.2. The molecule has 0 radical (unpaired) electrons. The molecule has 1 fully saturated rings. The summed E-state index contributed by atoms with van der Waals surface area (Å²) in [4.78, 5) is 14.8. The van der Waals surface area contributed by atoms with Gasteiger partial charge >= 0.3 is 5.97 Å². The third-order valence-electron chi connectivity index (χ3n) is 2.58. The highest BCUT2D eigenvalue weighted by Crippen LogP contribution is 2.51. The minimum absolute atomic E-state index is 0.00112. The van der Waals surface area contributed by atoms with E-state index in [2.05, 4.69) is 4.98 Å². The fraction of sp³-hybridized carbons (Fsp3) is 0.600. The number of carboxylic acids is 1. The molecular formula is C10H13NO3S. The molecule has 0 saturated heterocycles. The molecule has 0 amide bonds. The number of carboxylic acid groups (broad SMARTS) is 1. The van der Waals surface area contributed by atoms with Gasteiger partial charge in [-0.3, -0.25) is 4.79 Å². The maximum absolute atomic E-state index is 10.6. The number of hydrogen-bond acceptors (Lipinski definition) is 4. The van der Waals surface area contributed by atoms with Crippen LogP contribution in [0, 0.1) is 12.3 Å². The van der Waals surface area contributed by atoms with E-state index in [0.717, 1.165) is 24.3 Å². The maximum atomic E-state index is 10.6. The quantitative estimate of drug-likeness (QED) is 0.782. The lowest BCUT2D eigenvalue weighted by molar-refractivity contribution is -0.138. The van der Waals surface area contributed by atoms with Gasteiger partial charge in [0.2, 0.25) is 0 Å². The van der Waals surface area contributed by atoms with E-state index >= 15 is 0 Å². The van der Waals surface area contributed by atoms with E-state index in [9.17, 15) is 4.79 Å². The summed E-state index contributed by atoms with van der Waals surface area (Å²) in [6, 6.07) is 0. The topological polar surface area (TPSA) is 63.3 Å².